The van der Waals surface area contributed by atoms with E-state index in [1.807, 2.05) is 13.8 Å². The molecule has 2 unspecified atom stereocenters. The van der Waals surface area contributed by atoms with E-state index in [4.69, 9.17) is 30.5 Å². The monoisotopic (exact) mass is 264 g/mol. The van der Waals surface area contributed by atoms with Crippen LogP contribution in [0.3, 0.4) is 0 Å². The molecule has 5 heteroatoms. The third-order valence-electron chi connectivity index (χ3n) is 0.829. The van der Waals surface area contributed by atoms with Crippen LogP contribution in [0.1, 0.15) is 13.8 Å². The summed E-state index contributed by atoms with van der Waals surface area (Å²) >= 11 is -0.106. The number of hydrogen-bond acceptors (Lipinski definition) is 2. The van der Waals surface area contributed by atoms with Crippen molar-refractivity contribution in [2.24, 2.45) is 11.5 Å². The molecule has 0 bridgehead atoms. The third-order valence-corrected chi connectivity index (χ3v) is 0.829. The second-order valence-electron chi connectivity index (χ2n) is 1.76. The molecule has 0 radical (unpaired) electrons. The normalized spacial score (nSPS) is 15.8. The molecule has 4 N–H and O–H groups in total. The molecule has 0 aromatic heterocycles. The van der Waals surface area contributed by atoms with Gasteiger partial charge in [-0.25, -0.2) is 0 Å². The third kappa shape index (κ3) is 17.6. The van der Waals surface area contributed by atoms with Crippen LogP contribution in [0.4, 0.5) is 0 Å². The fourth-order valence-corrected chi connectivity index (χ4v) is 0. The van der Waals surface area contributed by atoms with Crippen LogP contribution in [0.15, 0.2) is 0 Å². The summed E-state index contributed by atoms with van der Waals surface area (Å²) in [5.41, 5.74) is 10.6. The van der Waals surface area contributed by atoms with Crippen molar-refractivity contribution < 1.29 is 15.9 Å². The first-order valence-corrected chi connectivity index (χ1v) is 6.40. The van der Waals surface area contributed by atoms with E-state index >= 15 is 0 Å². The Kier molecular flexibility index (Phi) is 13.0. The van der Waals surface area contributed by atoms with Crippen LogP contribution in [0.2, 0.25) is 0 Å². The molecular formula is C4H12Cl2N2Pd. The zero-order valence-corrected chi connectivity index (χ0v) is 8.45. The van der Waals surface area contributed by atoms with Crippen molar-refractivity contribution in [3.8, 4) is 0 Å². The Morgan fingerprint density at radius 3 is 1.22 bits per heavy atom. The Morgan fingerprint density at radius 1 is 1.11 bits per heavy atom. The van der Waals surface area contributed by atoms with E-state index in [1.54, 1.807) is 0 Å². The molecule has 0 fully saturated rings. The topological polar surface area (TPSA) is 52.0 Å². The maximum atomic E-state index is 5.31. The molecule has 0 rings (SSSR count). The minimum atomic E-state index is -0.106. The van der Waals surface area contributed by atoms with Gasteiger partial charge in [0.05, 0.1) is 0 Å². The second-order valence-corrected chi connectivity index (χ2v) is 4.12. The summed E-state index contributed by atoms with van der Waals surface area (Å²) in [6.45, 7) is 3.79. The van der Waals surface area contributed by atoms with Crippen LogP contribution in [0, 0.1) is 0 Å². The van der Waals surface area contributed by atoms with Gasteiger partial charge in [-0.15, -0.1) is 0 Å². The van der Waals surface area contributed by atoms with E-state index in [-0.39, 0.29) is 28.0 Å². The van der Waals surface area contributed by atoms with Gasteiger partial charge in [0.25, 0.3) is 0 Å². The first-order chi connectivity index (χ1) is 4.06. The van der Waals surface area contributed by atoms with Crippen LogP contribution < -0.4 is 11.5 Å². The van der Waals surface area contributed by atoms with Gasteiger partial charge >= 0.3 is 35.0 Å². The number of nitrogens with two attached hydrogens (primary N) is 2. The van der Waals surface area contributed by atoms with Crippen LogP contribution in [0.5, 0.6) is 0 Å². The first-order valence-electron chi connectivity index (χ1n) is 2.39. The van der Waals surface area contributed by atoms with Crippen LogP contribution in [-0.2, 0) is 15.9 Å². The Bertz CT molecular complexity index is 45.8. The van der Waals surface area contributed by atoms with E-state index in [9.17, 15) is 0 Å². The van der Waals surface area contributed by atoms with E-state index in [2.05, 4.69) is 0 Å². The van der Waals surface area contributed by atoms with Gasteiger partial charge in [0.15, 0.2) is 0 Å². The van der Waals surface area contributed by atoms with Crippen molar-refractivity contribution in [2.45, 2.75) is 25.9 Å². The van der Waals surface area contributed by atoms with E-state index < -0.39 is 0 Å². The molecule has 0 aromatic carbocycles. The van der Waals surface area contributed by atoms with Crippen molar-refractivity contribution in [1.82, 2.24) is 0 Å². The Balaban J connectivity index is 0. The van der Waals surface area contributed by atoms with Crippen LogP contribution in [-0.4, -0.2) is 12.1 Å². The van der Waals surface area contributed by atoms with E-state index in [1.165, 1.54) is 0 Å². The SMILES string of the molecule is CC(N)C(C)N.[Cl][Pd][Cl]. The summed E-state index contributed by atoms with van der Waals surface area (Å²) in [7, 11) is 9.63. The Hall–Kier alpha value is 1.16. The Labute approximate surface area is 72.4 Å². The summed E-state index contributed by atoms with van der Waals surface area (Å²) in [5, 5.41) is 0. The summed E-state index contributed by atoms with van der Waals surface area (Å²) in [6, 6.07) is 0.259. The first kappa shape index (κ1) is 12.8. The molecule has 62 valence electrons. The predicted molar refractivity (Wildman–Crippen MR) is 39.0 cm³/mol. The van der Waals surface area contributed by atoms with Gasteiger partial charge in [-0.1, -0.05) is 0 Å². The van der Waals surface area contributed by atoms with E-state index in [0.717, 1.165) is 0 Å². The van der Waals surface area contributed by atoms with Crippen LogP contribution >= 0.6 is 19.1 Å². The van der Waals surface area contributed by atoms with Gasteiger partial charge in [0.2, 0.25) is 0 Å². The maximum absolute atomic E-state index is 5.31. The van der Waals surface area contributed by atoms with Crippen molar-refractivity contribution in [1.29, 1.82) is 0 Å². The number of hydrogen-bond donors (Lipinski definition) is 2. The van der Waals surface area contributed by atoms with Crippen molar-refractivity contribution in [2.75, 3.05) is 0 Å². The van der Waals surface area contributed by atoms with Gasteiger partial charge in [-0.2, -0.15) is 0 Å². The van der Waals surface area contributed by atoms with Gasteiger partial charge in [0, 0.05) is 12.1 Å². The van der Waals surface area contributed by atoms with Gasteiger partial charge < -0.3 is 11.5 Å². The minimum absolute atomic E-state index is 0.106. The second kappa shape index (κ2) is 9.16. The molecule has 2 nitrogen and oxygen atoms in total. The molecule has 0 aliphatic rings. The van der Waals surface area contributed by atoms with Crippen LogP contribution in [0.25, 0.3) is 0 Å². The quantitative estimate of drug-likeness (QED) is 0.697. The molecule has 0 spiro atoms. The van der Waals surface area contributed by atoms with Crippen molar-refractivity contribution >= 4 is 19.1 Å². The average Bonchev–Trinajstić information content (AvgIpc) is 1.68. The standard InChI is InChI=1S/C4H12N2.2ClH.Pd/c1-3(5)4(2)6;;;/h3-4H,5-6H2,1-2H3;2*1H;/q;;;+2/p-2. The predicted octanol–water partition coefficient (Wildman–Crippen LogP) is 1.06. The summed E-state index contributed by atoms with van der Waals surface area (Å²) < 4.78 is 0. The van der Waals surface area contributed by atoms with Crippen molar-refractivity contribution in [3.05, 3.63) is 0 Å². The molecule has 0 aliphatic heterocycles. The van der Waals surface area contributed by atoms with Crippen molar-refractivity contribution in [3.63, 3.8) is 0 Å². The Morgan fingerprint density at radius 2 is 1.22 bits per heavy atom. The average molecular weight is 265 g/mol. The zero-order valence-electron chi connectivity index (χ0n) is 5.38. The molecule has 0 heterocycles. The van der Waals surface area contributed by atoms with E-state index in [0.29, 0.717) is 0 Å². The molecule has 0 saturated carbocycles. The molecule has 0 aromatic rings. The molecular weight excluding hydrogens is 253 g/mol. The number of halogens is 2. The van der Waals surface area contributed by atoms with Gasteiger partial charge in [0.1, 0.15) is 0 Å². The van der Waals surface area contributed by atoms with Gasteiger partial charge in [-0.05, 0) is 13.8 Å². The molecule has 2 atom stereocenters. The molecule has 9 heavy (non-hydrogen) atoms. The molecule has 0 amide bonds. The zero-order chi connectivity index (χ0) is 7.86. The summed E-state index contributed by atoms with van der Waals surface area (Å²) in [4.78, 5) is 0. The molecule has 0 saturated heterocycles. The fraction of sp³-hybridized carbons (Fsp3) is 1.00. The molecule has 0 aliphatic carbocycles. The summed E-state index contributed by atoms with van der Waals surface area (Å²) in [6.07, 6.45) is 0. The summed E-state index contributed by atoms with van der Waals surface area (Å²) in [5.74, 6) is 0. The fourth-order valence-electron chi connectivity index (χ4n) is 0. The number of rotatable bonds is 1. The van der Waals surface area contributed by atoms with Gasteiger partial charge in [-0.3, -0.25) is 0 Å².